The van der Waals surface area contributed by atoms with E-state index in [1.807, 2.05) is 0 Å². The van der Waals surface area contributed by atoms with Crippen LogP contribution < -0.4 is 5.73 Å². The SMILES string of the molecule is Cc1cc(C)c(CN(CCN)C2CCC2)c(C)c1. The highest BCUT2D eigenvalue weighted by Crippen LogP contribution is 2.27. The Bertz CT molecular complexity index is 385. The van der Waals surface area contributed by atoms with Crippen molar-refractivity contribution in [3.05, 3.63) is 34.4 Å². The molecule has 2 nitrogen and oxygen atoms in total. The summed E-state index contributed by atoms with van der Waals surface area (Å²) >= 11 is 0. The van der Waals surface area contributed by atoms with Crippen molar-refractivity contribution in [2.24, 2.45) is 5.73 Å². The van der Waals surface area contributed by atoms with Gasteiger partial charge in [0, 0.05) is 25.7 Å². The van der Waals surface area contributed by atoms with E-state index in [4.69, 9.17) is 5.73 Å². The van der Waals surface area contributed by atoms with Gasteiger partial charge in [-0.1, -0.05) is 24.1 Å². The van der Waals surface area contributed by atoms with E-state index < -0.39 is 0 Å². The lowest BCUT2D eigenvalue weighted by Crippen LogP contribution is -2.42. The van der Waals surface area contributed by atoms with Crippen LogP contribution in [0.4, 0.5) is 0 Å². The Kier molecular flexibility index (Phi) is 4.41. The van der Waals surface area contributed by atoms with Crippen molar-refractivity contribution >= 4 is 0 Å². The van der Waals surface area contributed by atoms with Crippen molar-refractivity contribution in [1.82, 2.24) is 4.90 Å². The molecule has 1 fully saturated rings. The number of rotatable bonds is 5. The molecule has 0 bridgehead atoms. The standard InChI is InChI=1S/C16H26N2/c1-12-9-13(2)16(14(3)10-12)11-18(8-7-17)15-5-4-6-15/h9-10,15H,4-8,11,17H2,1-3H3. The Morgan fingerprint density at radius 3 is 2.22 bits per heavy atom. The molecule has 0 heterocycles. The van der Waals surface area contributed by atoms with Gasteiger partial charge in [0.15, 0.2) is 0 Å². The second-order valence-corrected chi connectivity index (χ2v) is 5.72. The quantitative estimate of drug-likeness (QED) is 0.865. The van der Waals surface area contributed by atoms with E-state index in [2.05, 4.69) is 37.8 Å². The third-order valence-corrected chi connectivity index (χ3v) is 4.21. The van der Waals surface area contributed by atoms with Crippen molar-refractivity contribution in [1.29, 1.82) is 0 Å². The highest BCUT2D eigenvalue weighted by molar-refractivity contribution is 5.37. The molecule has 1 aliphatic carbocycles. The van der Waals surface area contributed by atoms with E-state index in [0.717, 1.165) is 25.7 Å². The van der Waals surface area contributed by atoms with Crippen LogP contribution in [0.15, 0.2) is 12.1 Å². The molecule has 2 rings (SSSR count). The topological polar surface area (TPSA) is 29.3 Å². The monoisotopic (exact) mass is 246 g/mol. The van der Waals surface area contributed by atoms with E-state index in [1.54, 1.807) is 0 Å². The summed E-state index contributed by atoms with van der Waals surface area (Å²) in [4.78, 5) is 2.58. The minimum Gasteiger partial charge on any atom is -0.329 e. The van der Waals surface area contributed by atoms with Crippen LogP contribution in [-0.2, 0) is 6.54 Å². The number of hydrogen-bond acceptors (Lipinski definition) is 2. The summed E-state index contributed by atoms with van der Waals surface area (Å²) in [5, 5.41) is 0. The van der Waals surface area contributed by atoms with Gasteiger partial charge in [0.1, 0.15) is 0 Å². The van der Waals surface area contributed by atoms with E-state index in [9.17, 15) is 0 Å². The molecule has 100 valence electrons. The number of nitrogens with two attached hydrogens (primary N) is 1. The van der Waals surface area contributed by atoms with Crippen molar-refractivity contribution < 1.29 is 0 Å². The van der Waals surface area contributed by atoms with Crippen molar-refractivity contribution in [2.75, 3.05) is 13.1 Å². The molecule has 0 spiro atoms. The Morgan fingerprint density at radius 2 is 1.78 bits per heavy atom. The average Bonchev–Trinajstić information content (AvgIpc) is 2.20. The van der Waals surface area contributed by atoms with Gasteiger partial charge in [-0.25, -0.2) is 0 Å². The van der Waals surface area contributed by atoms with E-state index in [-0.39, 0.29) is 0 Å². The molecule has 2 heteroatoms. The molecule has 1 saturated carbocycles. The summed E-state index contributed by atoms with van der Waals surface area (Å²) < 4.78 is 0. The summed E-state index contributed by atoms with van der Waals surface area (Å²) in [7, 11) is 0. The highest BCUT2D eigenvalue weighted by Gasteiger charge is 2.25. The molecule has 1 aliphatic rings. The van der Waals surface area contributed by atoms with E-state index in [1.165, 1.54) is 41.5 Å². The summed E-state index contributed by atoms with van der Waals surface area (Å²) in [6.07, 6.45) is 4.09. The molecule has 1 aromatic carbocycles. The molecule has 0 aliphatic heterocycles. The number of hydrogen-bond donors (Lipinski definition) is 1. The molecule has 2 N–H and O–H groups in total. The smallest absolute Gasteiger partial charge is 0.0242 e. The average molecular weight is 246 g/mol. The molecule has 0 atom stereocenters. The third-order valence-electron chi connectivity index (χ3n) is 4.21. The van der Waals surface area contributed by atoms with Crippen LogP contribution in [0.25, 0.3) is 0 Å². The number of nitrogens with zero attached hydrogens (tertiary/aromatic N) is 1. The summed E-state index contributed by atoms with van der Waals surface area (Å²) in [6.45, 7) is 9.50. The lowest BCUT2D eigenvalue weighted by Gasteiger charge is -2.38. The maximum absolute atomic E-state index is 5.76. The van der Waals surface area contributed by atoms with Crippen LogP contribution in [0.2, 0.25) is 0 Å². The molecule has 18 heavy (non-hydrogen) atoms. The predicted octanol–water partition coefficient (Wildman–Crippen LogP) is 2.93. The Hall–Kier alpha value is -0.860. The second kappa shape index (κ2) is 5.85. The minimum absolute atomic E-state index is 0.764. The van der Waals surface area contributed by atoms with E-state index >= 15 is 0 Å². The molecular weight excluding hydrogens is 220 g/mol. The molecule has 0 saturated heterocycles. The third kappa shape index (κ3) is 2.93. The molecular formula is C16H26N2. The Labute approximate surface area is 111 Å². The van der Waals surface area contributed by atoms with Gasteiger partial charge < -0.3 is 5.73 Å². The molecule has 0 unspecified atom stereocenters. The molecule has 0 radical (unpaired) electrons. The fourth-order valence-electron chi connectivity index (χ4n) is 2.97. The van der Waals surface area contributed by atoms with E-state index in [0.29, 0.717) is 0 Å². The fourth-order valence-corrected chi connectivity index (χ4v) is 2.97. The zero-order valence-electron chi connectivity index (χ0n) is 12.0. The Morgan fingerprint density at radius 1 is 1.17 bits per heavy atom. The summed E-state index contributed by atoms with van der Waals surface area (Å²) in [5.74, 6) is 0. The van der Waals surface area contributed by atoms with Crippen molar-refractivity contribution in [2.45, 2.75) is 52.6 Å². The van der Waals surface area contributed by atoms with Gasteiger partial charge in [-0.2, -0.15) is 0 Å². The first kappa shape index (κ1) is 13.6. The predicted molar refractivity (Wildman–Crippen MR) is 77.8 cm³/mol. The molecule has 0 amide bonds. The lowest BCUT2D eigenvalue weighted by molar-refractivity contribution is 0.123. The first-order chi connectivity index (χ1) is 8.61. The summed E-state index contributed by atoms with van der Waals surface area (Å²) in [6, 6.07) is 5.36. The minimum atomic E-state index is 0.764. The molecule has 1 aromatic rings. The van der Waals surface area contributed by atoms with Gasteiger partial charge in [-0.15, -0.1) is 0 Å². The van der Waals surface area contributed by atoms with Crippen molar-refractivity contribution in [3.8, 4) is 0 Å². The largest absolute Gasteiger partial charge is 0.329 e. The van der Waals surface area contributed by atoms with Gasteiger partial charge in [0.25, 0.3) is 0 Å². The zero-order valence-corrected chi connectivity index (χ0v) is 12.0. The van der Waals surface area contributed by atoms with Crippen LogP contribution in [0.5, 0.6) is 0 Å². The first-order valence-electron chi connectivity index (χ1n) is 7.12. The second-order valence-electron chi connectivity index (χ2n) is 5.72. The van der Waals surface area contributed by atoms with Crippen LogP contribution in [0.1, 0.15) is 41.5 Å². The normalized spacial score (nSPS) is 16.1. The Balaban J connectivity index is 2.15. The fraction of sp³-hybridized carbons (Fsp3) is 0.625. The maximum Gasteiger partial charge on any atom is 0.0242 e. The van der Waals surface area contributed by atoms with Gasteiger partial charge >= 0.3 is 0 Å². The summed E-state index contributed by atoms with van der Waals surface area (Å²) in [5.41, 5.74) is 11.5. The van der Waals surface area contributed by atoms with Crippen LogP contribution in [-0.4, -0.2) is 24.0 Å². The maximum atomic E-state index is 5.76. The van der Waals surface area contributed by atoms with Crippen molar-refractivity contribution in [3.63, 3.8) is 0 Å². The highest BCUT2D eigenvalue weighted by atomic mass is 15.2. The molecule has 0 aromatic heterocycles. The lowest BCUT2D eigenvalue weighted by atomic mass is 9.90. The van der Waals surface area contributed by atoms with Gasteiger partial charge in [0.2, 0.25) is 0 Å². The van der Waals surface area contributed by atoms with Crippen LogP contribution in [0.3, 0.4) is 0 Å². The number of benzene rings is 1. The van der Waals surface area contributed by atoms with Gasteiger partial charge in [-0.05, 0) is 50.3 Å². The van der Waals surface area contributed by atoms with Crippen LogP contribution >= 0.6 is 0 Å². The zero-order chi connectivity index (χ0) is 13.1. The van der Waals surface area contributed by atoms with Gasteiger partial charge in [0.05, 0.1) is 0 Å². The van der Waals surface area contributed by atoms with Crippen LogP contribution in [0, 0.1) is 20.8 Å². The number of aryl methyl sites for hydroxylation is 3. The first-order valence-corrected chi connectivity index (χ1v) is 7.12. The van der Waals surface area contributed by atoms with Gasteiger partial charge in [-0.3, -0.25) is 4.90 Å².